The summed E-state index contributed by atoms with van der Waals surface area (Å²) in [6.07, 6.45) is 1.25. The van der Waals surface area contributed by atoms with Gasteiger partial charge in [-0.05, 0) is 75.3 Å². The van der Waals surface area contributed by atoms with E-state index in [-0.39, 0.29) is 51.8 Å². The number of anilines is 1. The van der Waals surface area contributed by atoms with Crippen LogP contribution in [0.3, 0.4) is 0 Å². The summed E-state index contributed by atoms with van der Waals surface area (Å²) < 4.78 is 36.2. The second kappa shape index (κ2) is 13.3. The predicted molar refractivity (Wildman–Crippen MR) is 183 cm³/mol. The molecule has 11 heteroatoms. The van der Waals surface area contributed by atoms with Crippen molar-refractivity contribution in [3.8, 4) is 17.1 Å². The molecule has 1 atom stereocenters. The third kappa shape index (κ3) is 7.99. The van der Waals surface area contributed by atoms with Crippen molar-refractivity contribution in [2.45, 2.75) is 77.8 Å². The van der Waals surface area contributed by atoms with Crippen LogP contribution in [0.15, 0.2) is 65.8 Å². The van der Waals surface area contributed by atoms with Crippen LogP contribution in [0.1, 0.15) is 68.9 Å². The zero-order valence-electron chi connectivity index (χ0n) is 28.6. The molecule has 4 bridgehead atoms. The summed E-state index contributed by atoms with van der Waals surface area (Å²) in [5.74, 6) is 0.604. The Kier molecular flexibility index (Phi) is 10.1. The van der Waals surface area contributed by atoms with E-state index in [0.717, 1.165) is 22.5 Å². The maximum atomic E-state index is 14.4. The lowest BCUT2D eigenvalue weighted by atomic mass is 9.87. The molecule has 1 aromatic heterocycles. The normalized spacial score (nSPS) is 16.7. The molecule has 0 unspecified atom stereocenters. The highest BCUT2D eigenvalue weighted by Crippen LogP contribution is 2.32. The van der Waals surface area contributed by atoms with Crippen molar-refractivity contribution in [1.82, 2.24) is 25.1 Å². The van der Waals surface area contributed by atoms with E-state index in [4.69, 9.17) is 4.74 Å². The number of nitrogens with zero attached hydrogens (tertiary/aromatic N) is 4. The topological polar surface area (TPSA) is 117 Å². The second-order valence-corrected chi connectivity index (χ2v) is 15.5. The van der Waals surface area contributed by atoms with Crippen molar-refractivity contribution in [3.63, 3.8) is 0 Å². The van der Waals surface area contributed by atoms with Crippen molar-refractivity contribution < 1.29 is 17.9 Å². The fourth-order valence-corrected chi connectivity index (χ4v) is 6.71. The molecule has 0 fully saturated rings. The van der Waals surface area contributed by atoms with Gasteiger partial charge in [-0.3, -0.25) is 4.79 Å². The minimum Gasteiger partial charge on any atom is -0.475 e. The summed E-state index contributed by atoms with van der Waals surface area (Å²) in [7, 11) is -0.347. The third-order valence-corrected chi connectivity index (χ3v) is 9.92. The molecule has 0 aliphatic carbocycles. The van der Waals surface area contributed by atoms with Crippen molar-refractivity contribution >= 4 is 21.9 Å². The quantitative estimate of drug-likeness (QED) is 0.306. The van der Waals surface area contributed by atoms with Gasteiger partial charge in [0.1, 0.15) is 6.61 Å². The average molecular weight is 649 g/mol. The summed E-state index contributed by atoms with van der Waals surface area (Å²) in [5, 5.41) is 3.10. The van der Waals surface area contributed by atoms with E-state index in [2.05, 4.69) is 66.1 Å². The molecule has 4 rings (SSSR count). The van der Waals surface area contributed by atoms with E-state index in [1.807, 2.05) is 51.0 Å². The fraction of sp³-hybridized carbons (Fsp3) is 0.457. The number of sulfonamides is 1. The summed E-state index contributed by atoms with van der Waals surface area (Å²) in [5.41, 5.74) is 3.15. The zero-order valence-corrected chi connectivity index (χ0v) is 29.4. The molecule has 0 saturated carbocycles. The van der Waals surface area contributed by atoms with Gasteiger partial charge >= 0.3 is 0 Å². The molecular formula is C35H48N6O4S. The highest BCUT2D eigenvalue weighted by atomic mass is 32.2. The zero-order chi connectivity index (χ0) is 34.0. The fourth-order valence-electron chi connectivity index (χ4n) is 5.72. The molecule has 1 aliphatic heterocycles. The molecule has 10 nitrogen and oxygen atoms in total. The highest BCUT2D eigenvalue weighted by molar-refractivity contribution is 7.92. The minimum absolute atomic E-state index is 0.0566. The van der Waals surface area contributed by atoms with Gasteiger partial charge < -0.3 is 19.9 Å². The summed E-state index contributed by atoms with van der Waals surface area (Å²) in [4.78, 5) is 27.3. The predicted octanol–water partition coefficient (Wildman–Crippen LogP) is 5.99. The van der Waals surface area contributed by atoms with Gasteiger partial charge in [0.25, 0.3) is 15.9 Å². The van der Waals surface area contributed by atoms with E-state index in [9.17, 15) is 13.2 Å². The van der Waals surface area contributed by atoms with Crippen molar-refractivity contribution in [1.29, 1.82) is 0 Å². The molecule has 2 N–H and O–H groups in total. The molecule has 0 radical (unpaired) electrons. The van der Waals surface area contributed by atoms with Gasteiger partial charge in [0.15, 0.2) is 0 Å². The van der Waals surface area contributed by atoms with Crippen LogP contribution in [0.2, 0.25) is 0 Å². The van der Waals surface area contributed by atoms with Gasteiger partial charge in [-0.25, -0.2) is 18.1 Å². The average Bonchev–Trinajstić information content (AvgIpc) is 2.97. The number of carbonyl (C=O) groups is 1. The van der Waals surface area contributed by atoms with Crippen LogP contribution < -0.4 is 14.8 Å². The van der Waals surface area contributed by atoms with Crippen molar-refractivity contribution in [3.05, 3.63) is 77.6 Å². The molecule has 46 heavy (non-hydrogen) atoms. The van der Waals surface area contributed by atoms with E-state index >= 15 is 0 Å². The van der Waals surface area contributed by atoms with Crippen LogP contribution in [0, 0.1) is 19.3 Å². The van der Waals surface area contributed by atoms with Crippen molar-refractivity contribution in [2.75, 3.05) is 32.0 Å². The van der Waals surface area contributed by atoms with Gasteiger partial charge in [0, 0.05) is 43.4 Å². The van der Waals surface area contributed by atoms with Crippen LogP contribution in [0.4, 0.5) is 5.95 Å². The number of hydrogen-bond acceptors (Lipinski definition) is 8. The highest BCUT2D eigenvalue weighted by Gasteiger charge is 2.34. The molecule has 1 aliphatic rings. The molecule has 0 spiro atoms. The lowest BCUT2D eigenvalue weighted by Gasteiger charge is -2.41. The number of carbonyl (C=O) groups excluding carboxylic acids is 1. The molecule has 2 aromatic carbocycles. The standard InChI is InChI=1S/C35H48N6O4S/c1-23-13-11-14-24(2)31(23)29-20-30-38-33(37-29)39-46(43,44)28-16-12-15-26(19-28)32(42)41(27(22-45-30)21-34(4,5)6)18-17-35(7,8)40(10)25(3)36-9/h11-16,19-20,27,36H,3,17-18,21-22H2,1-2,4-10H3,(H,37,38,39)/t27-/m1/s1. The van der Waals surface area contributed by atoms with Crippen LogP contribution in [-0.4, -0.2) is 72.9 Å². The number of fused-ring (bicyclic) bond motifs is 4. The van der Waals surface area contributed by atoms with Gasteiger partial charge in [-0.2, -0.15) is 4.98 Å². The molecule has 248 valence electrons. The Balaban J connectivity index is 1.87. The van der Waals surface area contributed by atoms with Gasteiger partial charge in [-0.15, -0.1) is 0 Å². The lowest BCUT2D eigenvalue weighted by molar-refractivity contribution is 0.0480. The molecule has 0 saturated heterocycles. The van der Waals surface area contributed by atoms with Crippen LogP contribution in [-0.2, 0) is 10.0 Å². The first kappa shape index (κ1) is 34.7. The maximum absolute atomic E-state index is 14.4. The first-order valence-electron chi connectivity index (χ1n) is 15.5. The Hall–Kier alpha value is -4.12. The monoisotopic (exact) mass is 648 g/mol. The number of amides is 1. The summed E-state index contributed by atoms with van der Waals surface area (Å²) >= 11 is 0. The van der Waals surface area contributed by atoms with Gasteiger partial charge in [0.2, 0.25) is 11.8 Å². The number of aryl methyl sites for hydroxylation is 2. The molecule has 2 heterocycles. The van der Waals surface area contributed by atoms with Crippen LogP contribution >= 0.6 is 0 Å². The number of nitrogens with one attached hydrogen (secondary N) is 2. The minimum atomic E-state index is -4.14. The number of hydrogen-bond donors (Lipinski definition) is 2. The van der Waals surface area contributed by atoms with Crippen molar-refractivity contribution in [2.24, 2.45) is 5.41 Å². The number of ether oxygens (including phenoxy) is 1. The van der Waals surface area contributed by atoms with E-state index < -0.39 is 10.0 Å². The summed E-state index contributed by atoms with van der Waals surface area (Å²) in [6, 6.07) is 13.4. The van der Waals surface area contributed by atoms with Gasteiger partial charge in [0.05, 0.1) is 22.5 Å². The Morgan fingerprint density at radius 3 is 2.37 bits per heavy atom. The first-order chi connectivity index (χ1) is 21.4. The Labute approximate surface area is 274 Å². The second-order valence-electron chi connectivity index (χ2n) is 13.9. The van der Waals surface area contributed by atoms with Gasteiger partial charge in [-0.1, -0.05) is 51.6 Å². The lowest BCUT2D eigenvalue weighted by Crippen LogP contribution is -2.50. The smallest absolute Gasteiger partial charge is 0.264 e. The largest absolute Gasteiger partial charge is 0.475 e. The number of rotatable bonds is 8. The SMILES string of the molecule is C=C(NC)N(C)C(C)(C)CCN1C(=O)c2cccc(c2)S(=O)(=O)Nc2nc(cc(-c3c(C)cccc3C)n2)OC[C@H]1CC(C)(C)C. The molecular weight excluding hydrogens is 600 g/mol. The molecule has 1 amide bonds. The van der Waals surface area contributed by atoms with E-state index in [1.54, 1.807) is 18.2 Å². The van der Waals surface area contributed by atoms with Crippen LogP contribution in [0.25, 0.3) is 11.3 Å². The third-order valence-electron chi connectivity index (χ3n) is 8.60. The Morgan fingerprint density at radius 1 is 1.09 bits per heavy atom. The maximum Gasteiger partial charge on any atom is 0.264 e. The van der Waals surface area contributed by atoms with Crippen LogP contribution in [0.5, 0.6) is 5.88 Å². The first-order valence-corrected chi connectivity index (χ1v) is 17.0. The number of benzene rings is 2. The number of aromatic nitrogens is 2. The van der Waals surface area contributed by atoms with E-state index in [0.29, 0.717) is 25.1 Å². The molecule has 3 aromatic rings. The Morgan fingerprint density at radius 2 is 1.74 bits per heavy atom. The summed E-state index contributed by atoms with van der Waals surface area (Å²) in [6.45, 7) is 19.2. The Bertz CT molecular complexity index is 1690. The van der Waals surface area contributed by atoms with E-state index in [1.165, 1.54) is 12.1 Å².